The molecule has 0 saturated heterocycles. The van der Waals surface area contributed by atoms with Gasteiger partial charge in [0, 0.05) is 17.1 Å². The first-order chi connectivity index (χ1) is 16.5. The van der Waals surface area contributed by atoms with Gasteiger partial charge in [0.2, 0.25) is 18.7 Å². The molecule has 0 bridgehead atoms. The normalized spacial score (nSPS) is 12.3. The summed E-state index contributed by atoms with van der Waals surface area (Å²) in [7, 11) is 0. The summed E-state index contributed by atoms with van der Waals surface area (Å²) < 4.78 is 16.3. The number of rotatable bonds is 6. The molecule has 1 aliphatic rings. The maximum Gasteiger partial charge on any atom is 0.231 e. The summed E-state index contributed by atoms with van der Waals surface area (Å²) in [6.07, 6.45) is 0. The van der Waals surface area contributed by atoms with Crippen molar-refractivity contribution in [2.24, 2.45) is 4.99 Å². The van der Waals surface area contributed by atoms with E-state index in [-0.39, 0.29) is 6.79 Å². The van der Waals surface area contributed by atoms with Gasteiger partial charge in [-0.15, -0.1) is 0 Å². The van der Waals surface area contributed by atoms with E-state index < -0.39 is 0 Å². The van der Waals surface area contributed by atoms with Gasteiger partial charge in [-0.05, 0) is 81.0 Å². The third-order valence-electron chi connectivity index (χ3n) is 4.72. The van der Waals surface area contributed by atoms with E-state index in [4.69, 9.17) is 26.4 Å². The van der Waals surface area contributed by atoms with E-state index in [9.17, 15) is 0 Å². The van der Waals surface area contributed by atoms with E-state index in [2.05, 4.69) is 30.9 Å². The lowest BCUT2D eigenvalue weighted by Crippen LogP contribution is -2.39. The van der Waals surface area contributed by atoms with Crippen LogP contribution in [0.3, 0.4) is 0 Å². The summed E-state index contributed by atoms with van der Waals surface area (Å²) in [6.45, 7) is 6.99. The van der Waals surface area contributed by atoms with Crippen LogP contribution in [0.5, 0.6) is 17.2 Å². The number of thiocarbonyl (C=S) groups is 1. The first kappa shape index (κ1) is 23.2. The van der Waals surface area contributed by atoms with E-state index in [0.29, 0.717) is 35.9 Å². The number of nitrogens with zero attached hydrogens (tertiary/aromatic N) is 3. The molecular weight excluding hydrogens is 452 g/mol. The quantitative estimate of drug-likeness (QED) is 0.274. The molecule has 9 nitrogen and oxygen atoms in total. The number of anilines is 2. The second-order valence-electron chi connectivity index (χ2n) is 7.49. The highest BCUT2D eigenvalue weighted by atomic mass is 32.1. The van der Waals surface area contributed by atoms with Crippen molar-refractivity contribution in [2.75, 3.05) is 24.0 Å². The predicted molar refractivity (Wildman–Crippen MR) is 136 cm³/mol. The zero-order valence-electron chi connectivity index (χ0n) is 19.2. The van der Waals surface area contributed by atoms with Crippen LogP contribution in [0.2, 0.25) is 0 Å². The molecular formula is C24H26N6O3S. The minimum absolute atomic E-state index is 0.228. The smallest absolute Gasteiger partial charge is 0.231 e. The molecule has 34 heavy (non-hydrogen) atoms. The van der Waals surface area contributed by atoms with Crippen LogP contribution in [0.15, 0.2) is 53.5 Å². The first-order valence-electron chi connectivity index (χ1n) is 10.8. The molecule has 0 amide bonds. The van der Waals surface area contributed by atoms with Gasteiger partial charge in [0.25, 0.3) is 0 Å². The number of hydrogen-bond acceptors (Lipinski definition) is 7. The number of aliphatic imine (C=N–C) groups is 1. The number of nitrogens with one attached hydrogen (secondary N) is 3. The Balaban J connectivity index is 1.49. The number of ether oxygens (including phenoxy) is 3. The van der Waals surface area contributed by atoms with Gasteiger partial charge in [0.1, 0.15) is 5.75 Å². The van der Waals surface area contributed by atoms with Crippen LogP contribution in [0, 0.1) is 13.8 Å². The van der Waals surface area contributed by atoms with Crippen LogP contribution < -0.4 is 30.2 Å². The Hall–Kier alpha value is -3.92. The number of benzene rings is 2. The number of hydrogen-bond donors (Lipinski definition) is 3. The molecule has 0 aliphatic carbocycles. The molecule has 1 aromatic heterocycles. The highest BCUT2D eigenvalue weighted by Crippen LogP contribution is 2.32. The van der Waals surface area contributed by atoms with Crippen LogP contribution in [0.4, 0.5) is 11.6 Å². The summed E-state index contributed by atoms with van der Waals surface area (Å²) in [4.78, 5) is 13.5. The Morgan fingerprint density at radius 2 is 1.74 bits per heavy atom. The van der Waals surface area contributed by atoms with Crippen molar-refractivity contribution in [3.8, 4) is 17.2 Å². The van der Waals surface area contributed by atoms with Gasteiger partial charge in [-0.3, -0.25) is 5.32 Å². The fraction of sp³-hybridized carbons (Fsp3) is 0.250. The van der Waals surface area contributed by atoms with Crippen molar-refractivity contribution in [3.05, 3.63) is 65.5 Å². The molecule has 0 radical (unpaired) electrons. The summed E-state index contributed by atoms with van der Waals surface area (Å²) >= 11 is 5.51. The second kappa shape index (κ2) is 10.8. The molecule has 176 valence electrons. The van der Waals surface area contributed by atoms with Gasteiger partial charge in [-0.25, -0.2) is 15.0 Å². The molecule has 0 saturated carbocycles. The zero-order valence-corrected chi connectivity index (χ0v) is 20.0. The molecule has 0 fully saturated rings. The van der Waals surface area contributed by atoms with Gasteiger partial charge in [0.15, 0.2) is 16.6 Å². The van der Waals surface area contributed by atoms with E-state index in [1.54, 1.807) is 0 Å². The highest BCUT2D eigenvalue weighted by molar-refractivity contribution is 7.80. The average Bonchev–Trinajstić information content (AvgIpc) is 3.26. The molecule has 2 heterocycles. The largest absolute Gasteiger partial charge is 0.494 e. The predicted octanol–water partition coefficient (Wildman–Crippen LogP) is 4.18. The van der Waals surface area contributed by atoms with E-state index in [0.717, 1.165) is 34.1 Å². The molecule has 10 heteroatoms. The minimum atomic E-state index is 0.228. The average molecular weight is 479 g/mol. The molecule has 3 N–H and O–H groups in total. The Morgan fingerprint density at radius 1 is 1.00 bits per heavy atom. The third kappa shape index (κ3) is 6.32. The van der Waals surface area contributed by atoms with Crippen LogP contribution in [-0.4, -0.2) is 34.4 Å². The molecule has 1 aliphatic heterocycles. The van der Waals surface area contributed by atoms with Gasteiger partial charge in [0.05, 0.1) is 13.2 Å². The number of guanidine groups is 1. The summed E-state index contributed by atoms with van der Waals surface area (Å²) in [6, 6.07) is 15.2. The lowest BCUT2D eigenvalue weighted by atomic mass is 10.2. The lowest BCUT2D eigenvalue weighted by molar-refractivity contribution is 0.174. The number of fused-ring (bicyclic) bond motifs is 1. The minimum Gasteiger partial charge on any atom is -0.494 e. The third-order valence-corrected chi connectivity index (χ3v) is 4.93. The monoisotopic (exact) mass is 478 g/mol. The Bertz CT molecular complexity index is 1180. The zero-order chi connectivity index (χ0) is 23.9. The SMILES string of the molecule is CCOc1ccc(NC(=S)NC(=NCc2ccc3c(c2)OCO3)Nc2nc(C)cc(C)n2)cc1. The molecule has 0 spiro atoms. The van der Waals surface area contributed by atoms with Crippen LogP contribution in [0.25, 0.3) is 0 Å². The van der Waals surface area contributed by atoms with Crippen molar-refractivity contribution in [2.45, 2.75) is 27.3 Å². The van der Waals surface area contributed by atoms with Crippen molar-refractivity contribution >= 4 is 34.9 Å². The Morgan fingerprint density at radius 3 is 2.47 bits per heavy atom. The summed E-state index contributed by atoms with van der Waals surface area (Å²) in [5.74, 6) is 3.07. The van der Waals surface area contributed by atoms with Crippen molar-refractivity contribution < 1.29 is 14.2 Å². The molecule has 3 aromatic rings. The van der Waals surface area contributed by atoms with Gasteiger partial charge in [-0.1, -0.05) is 6.07 Å². The van der Waals surface area contributed by atoms with Gasteiger partial charge < -0.3 is 24.8 Å². The van der Waals surface area contributed by atoms with Gasteiger partial charge >= 0.3 is 0 Å². The number of aryl methyl sites for hydroxylation is 2. The van der Waals surface area contributed by atoms with Crippen molar-refractivity contribution in [3.63, 3.8) is 0 Å². The standard InChI is InChI=1S/C24H26N6O3S/c1-4-31-19-8-6-18(7-9-19)28-24(34)30-22(29-23-26-15(2)11-16(3)27-23)25-13-17-5-10-20-21(12-17)33-14-32-20/h5-12H,4,13-14H2,1-3H3,(H3,25,26,27,28,29,30,34). The van der Waals surface area contributed by atoms with Gasteiger partial charge in [-0.2, -0.15) is 0 Å². The maximum absolute atomic E-state index is 5.51. The molecule has 2 aromatic carbocycles. The number of aromatic nitrogens is 2. The topological polar surface area (TPSA) is 102 Å². The van der Waals surface area contributed by atoms with E-state index >= 15 is 0 Å². The van der Waals surface area contributed by atoms with Crippen LogP contribution in [-0.2, 0) is 6.54 Å². The molecule has 4 rings (SSSR count). The van der Waals surface area contributed by atoms with Crippen LogP contribution in [0.1, 0.15) is 23.9 Å². The Kier molecular flexibility index (Phi) is 7.38. The first-order valence-corrected chi connectivity index (χ1v) is 11.2. The second-order valence-corrected chi connectivity index (χ2v) is 7.90. The van der Waals surface area contributed by atoms with Crippen LogP contribution >= 0.6 is 12.2 Å². The fourth-order valence-electron chi connectivity index (χ4n) is 3.28. The molecule has 0 atom stereocenters. The lowest BCUT2D eigenvalue weighted by Gasteiger charge is -2.15. The Labute approximate surface area is 203 Å². The van der Waals surface area contributed by atoms with Crippen molar-refractivity contribution in [1.29, 1.82) is 0 Å². The van der Waals surface area contributed by atoms with E-state index in [1.165, 1.54) is 0 Å². The fourth-order valence-corrected chi connectivity index (χ4v) is 3.49. The van der Waals surface area contributed by atoms with Crippen molar-refractivity contribution in [1.82, 2.24) is 15.3 Å². The summed E-state index contributed by atoms with van der Waals surface area (Å²) in [5.41, 5.74) is 3.47. The van der Waals surface area contributed by atoms with E-state index in [1.807, 2.05) is 69.3 Å². The maximum atomic E-state index is 5.51. The molecule has 0 unspecified atom stereocenters. The highest BCUT2D eigenvalue weighted by Gasteiger charge is 2.13. The summed E-state index contributed by atoms with van der Waals surface area (Å²) in [5, 5.41) is 9.76.